The molecule has 2 amide bonds. The summed E-state index contributed by atoms with van der Waals surface area (Å²) >= 11 is 0. The summed E-state index contributed by atoms with van der Waals surface area (Å²) in [6.07, 6.45) is 5.45. The van der Waals surface area contributed by atoms with Crippen molar-refractivity contribution in [2.45, 2.75) is 45.6 Å². The van der Waals surface area contributed by atoms with Gasteiger partial charge in [0.15, 0.2) is 11.2 Å². The fourth-order valence-electron chi connectivity index (χ4n) is 3.71. The highest BCUT2D eigenvalue weighted by atomic mass is 16.2. The number of carbonyl (C=O) groups is 1. The first-order valence-corrected chi connectivity index (χ1v) is 10.4. The van der Waals surface area contributed by atoms with Gasteiger partial charge in [0.05, 0.1) is 0 Å². The Bertz CT molecular complexity index is 982. The number of likely N-dealkylation sites (tertiary alicyclic amines) is 1. The lowest BCUT2D eigenvalue weighted by Crippen LogP contribution is -2.38. The third kappa shape index (κ3) is 4.52. The van der Waals surface area contributed by atoms with Gasteiger partial charge in [-0.3, -0.25) is 19.2 Å². The molecule has 1 saturated heterocycles. The topological polar surface area (TPSA) is 106 Å². The van der Waals surface area contributed by atoms with Gasteiger partial charge in [0.25, 0.3) is 5.56 Å². The van der Waals surface area contributed by atoms with Crippen LogP contribution in [0.3, 0.4) is 0 Å². The normalized spacial score (nSPS) is 15.0. The van der Waals surface area contributed by atoms with E-state index in [4.69, 9.17) is 0 Å². The van der Waals surface area contributed by atoms with Crippen LogP contribution in [0.25, 0.3) is 11.2 Å². The molecule has 0 atom stereocenters. The molecule has 0 unspecified atom stereocenters. The largest absolute Gasteiger partial charge is 0.338 e. The van der Waals surface area contributed by atoms with E-state index in [1.165, 1.54) is 30.9 Å². The van der Waals surface area contributed by atoms with Gasteiger partial charge in [-0.15, -0.1) is 0 Å². The van der Waals surface area contributed by atoms with E-state index in [0.717, 1.165) is 37.0 Å². The summed E-state index contributed by atoms with van der Waals surface area (Å²) < 4.78 is 4.14. The number of aromatic nitrogens is 4. The summed E-state index contributed by atoms with van der Waals surface area (Å²) in [4.78, 5) is 44.2. The van der Waals surface area contributed by atoms with Crippen LogP contribution in [0.4, 0.5) is 10.7 Å². The molecular formula is C19H31N7O3. The zero-order valence-corrected chi connectivity index (χ0v) is 17.5. The van der Waals surface area contributed by atoms with Gasteiger partial charge in [0.1, 0.15) is 0 Å². The summed E-state index contributed by atoms with van der Waals surface area (Å²) in [6, 6.07) is -0.366. The number of hydrogen-bond acceptors (Lipinski definition) is 5. The van der Waals surface area contributed by atoms with Crippen LogP contribution in [0.5, 0.6) is 0 Å². The highest BCUT2D eigenvalue weighted by molar-refractivity contribution is 5.89. The van der Waals surface area contributed by atoms with E-state index in [2.05, 4.69) is 27.4 Å². The predicted octanol–water partition coefficient (Wildman–Crippen LogP) is 0.841. The highest BCUT2D eigenvalue weighted by Gasteiger charge is 2.21. The third-order valence-electron chi connectivity index (χ3n) is 5.48. The molecule has 1 aliphatic rings. The van der Waals surface area contributed by atoms with Crippen molar-refractivity contribution in [2.24, 2.45) is 14.1 Å². The number of fused-ring (bicyclic) bond motifs is 1. The average molecular weight is 406 g/mol. The molecule has 2 N–H and O–H groups in total. The minimum Gasteiger partial charge on any atom is -0.338 e. The van der Waals surface area contributed by atoms with Crippen molar-refractivity contribution in [1.82, 2.24) is 28.9 Å². The summed E-state index contributed by atoms with van der Waals surface area (Å²) in [5, 5.41) is 5.56. The monoisotopic (exact) mass is 405 g/mol. The van der Waals surface area contributed by atoms with E-state index in [1.54, 1.807) is 11.6 Å². The van der Waals surface area contributed by atoms with Crippen molar-refractivity contribution < 1.29 is 4.79 Å². The Morgan fingerprint density at radius 1 is 1.07 bits per heavy atom. The Hall–Kier alpha value is -2.62. The van der Waals surface area contributed by atoms with Crippen LogP contribution in [0, 0.1) is 0 Å². The predicted molar refractivity (Wildman–Crippen MR) is 112 cm³/mol. The lowest BCUT2D eigenvalue weighted by atomic mass is 10.1. The van der Waals surface area contributed by atoms with Gasteiger partial charge in [0, 0.05) is 33.7 Å². The van der Waals surface area contributed by atoms with Gasteiger partial charge in [0.2, 0.25) is 5.95 Å². The number of imidazole rings is 1. The second kappa shape index (κ2) is 9.25. The van der Waals surface area contributed by atoms with Gasteiger partial charge in [-0.1, -0.05) is 19.8 Å². The first-order valence-electron chi connectivity index (χ1n) is 10.4. The maximum absolute atomic E-state index is 12.8. The van der Waals surface area contributed by atoms with E-state index in [9.17, 15) is 14.4 Å². The van der Waals surface area contributed by atoms with Crippen LogP contribution >= 0.6 is 0 Å². The van der Waals surface area contributed by atoms with Crippen molar-refractivity contribution in [3.8, 4) is 0 Å². The smallest absolute Gasteiger partial charge is 0.332 e. The summed E-state index contributed by atoms with van der Waals surface area (Å²) in [5.41, 5.74) is -0.244. The van der Waals surface area contributed by atoms with Crippen LogP contribution in [-0.2, 0) is 20.6 Å². The van der Waals surface area contributed by atoms with Crippen LogP contribution < -0.4 is 21.9 Å². The molecule has 3 heterocycles. The van der Waals surface area contributed by atoms with Crippen molar-refractivity contribution >= 4 is 23.1 Å². The van der Waals surface area contributed by atoms with Crippen molar-refractivity contribution in [3.63, 3.8) is 0 Å². The van der Waals surface area contributed by atoms with Gasteiger partial charge in [-0.05, 0) is 32.4 Å². The zero-order chi connectivity index (χ0) is 21.0. The molecule has 2 aromatic rings. The number of aryl methyl sites for hydroxylation is 1. The fourth-order valence-corrected chi connectivity index (χ4v) is 3.71. The molecular weight excluding hydrogens is 374 g/mol. The van der Waals surface area contributed by atoms with Crippen LogP contribution in [0.2, 0.25) is 0 Å². The van der Waals surface area contributed by atoms with E-state index >= 15 is 0 Å². The summed E-state index contributed by atoms with van der Waals surface area (Å²) in [7, 11) is 3.04. The van der Waals surface area contributed by atoms with Gasteiger partial charge in [-0.2, -0.15) is 4.98 Å². The Morgan fingerprint density at radius 2 is 1.79 bits per heavy atom. The molecule has 160 valence electrons. The van der Waals surface area contributed by atoms with E-state index < -0.39 is 11.2 Å². The molecule has 0 aliphatic carbocycles. The SMILES string of the molecule is CCCCNC(=O)Nc1nc2c(c(=O)n(C)c(=O)n2C)n1CCN1CCCCC1. The number of amides is 2. The van der Waals surface area contributed by atoms with Gasteiger partial charge < -0.3 is 14.8 Å². The molecule has 3 rings (SSSR count). The number of anilines is 1. The molecule has 0 radical (unpaired) electrons. The van der Waals surface area contributed by atoms with Crippen LogP contribution in [-0.4, -0.2) is 55.8 Å². The minimum atomic E-state index is -0.442. The third-order valence-corrected chi connectivity index (χ3v) is 5.48. The van der Waals surface area contributed by atoms with Crippen molar-refractivity contribution in [3.05, 3.63) is 20.8 Å². The first kappa shape index (κ1) is 21.1. The Labute approximate surface area is 169 Å². The molecule has 0 saturated carbocycles. The van der Waals surface area contributed by atoms with Gasteiger partial charge in [-0.25, -0.2) is 9.59 Å². The summed E-state index contributed by atoms with van der Waals surface area (Å²) in [6.45, 7) is 5.94. The lowest BCUT2D eigenvalue weighted by Gasteiger charge is -2.26. The molecule has 1 fully saturated rings. The Morgan fingerprint density at radius 3 is 2.48 bits per heavy atom. The second-order valence-corrected chi connectivity index (χ2v) is 7.60. The molecule has 0 bridgehead atoms. The number of unbranched alkanes of at least 4 members (excludes halogenated alkanes) is 1. The van der Waals surface area contributed by atoms with E-state index in [-0.39, 0.29) is 17.6 Å². The number of hydrogen-bond donors (Lipinski definition) is 2. The number of nitrogens with zero attached hydrogens (tertiary/aromatic N) is 5. The molecule has 29 heavy (non-hydrogen) atoms. The number of piperidine rings is 1. The van der Waals surface area contributed by atoms with Crippen molar-refractivity contribution in [2.75, 3.05) is 31.5 Å². The number of carbonyl (C=O) groups excluding carboxylic acids is 1. The maximum Gasteiger partial charge on any atom is 0.332 e. The maximum atomic E-state index is 12.8. The van der Waals surface area contributed by atoms with E-state index in [1.807, 2.05) is 0 Å². The minimum absolute atomic E-state index is 0.278. The molecule has 0 spiro atoms. The number of rotatable bonds is 7. The highest BCUT2D eigenvalue weighted by Crippen LogP contribution is 2.17. The quantitative estimate of drug-likeness (QED) is 0.664. The fraction of sp³-hybridized carbons (Fsp3) is 0.684. The molecule has 10 nitrogen and oxygen atoms in total. The zero-order valence-electron chi connectivity index (χ0n) is 17.5. The standard InChI is InChI=1S/C19H31N7O3/c1-4-5-9-20-18(28)22-17-21-15-14(16(27)24(3)19(29)23(15)2)26(17)13-12-25-10-7-6-8-11-25/h4-13H2,1-3H3,(H2,20,21,22,28). The molecule has 10 heteroatoms. The number of nitrogens with one attached hydrogen (secondary N) is 2. The lowest BCUT2D eigenvalue weighted by molar-refractivity contribution is 0.222. The Balaban J connectivity index is 1.95. The first-order chi connectivity index (χ1) is 13.9. The summed E-state index contributed by atoms with van der Waals surface area (Å²) in [5.74, 6) is 0.282. The van der Waals surface area contributed by atoms with Gasteiger partial charge >= 0.3 is 11.7 Å². The molecule has 2 aromatic heterocycles. The second-order valence-electron chi connectivity index (χ2n) is 7.60. The van der Waals surface area contributed by atoms with Crippen LogP contribution in [0.1, 0.15) is 39.0 Å². The average Bonchev–Trinajstić information content (AvgIpc) is 3.08. The molecule has 1 aliphatic heterocycles. The number of urea groups is 1. The Kier molecular flexibility index (Phi) is 6.73. The van der Waals surface area contributed by atoms with Crippen LogP contribution in [0.15, 0.2) is 9.59 Å². The molecule has 0 aromatic carbocycles. The van der Waals surface area contributed by atoms with E-state index in [0.29, 0.717) is 18.6 Å². The van der Waals surface area contributed by atoms with Crippen molar-refractivity contribution in [1.29, 1.82) is 0 Å².